The number of aromatic hydroxyl groups is 2. The van der Waals surface area contributed by atoms with Crippen LogP contribution in [-0.4, -0.2) is 10.2 Å². The molecule has 2 nitrogen and oxygen atoms in total. The predicted molar refractivity (Wildman–Crippen MR) is 82.4 cm³/mol. The van der Waals surface area contributed by atoms with Crippen LogP contribution in [0.25, 0.3) is 0 Å². The molecule has 4 rings (SSSR count). The van der Waals surface area contributed by atoms with Gasteiger partial charge in [-0.25, -0.2) is 0 Å². The number of rotatable bonds is 2. The molecule has 2 bridgehead atoms. The molecule has 108 valence electrons. The van der Waals surface area contributed by atoms with E-state index < -0.39 is 0 Å². The monoisotopic (exact) mass is 280 g/mol. The standard InChI is InChI=1S/C19H20O2/c20-17-7-3-14(4-8-17)19(12-13-1-2-16(19)11-13)15-5-9-18(21)10-6-15/h3-10,13,16,20-21H,1-2,11-12H2/t13-,16+/m1/s1. The largest absolute Gasteiger partial charge is 0.508 e. The first-order valence-electron chi connectivity index (χ1n) is 7.77. The Labute approximate surface area is 125 Å². The lowest BCUT2D eigenvalue weighted by Crippen LogP contribution is -2.33. The first kappa shape index (κ1) is 12.8. The third kappa shape index (κ3) is 1.85. The van der Waals surface area contributed by atoms with Crippen molar-refractivity contribution in [2.45, 2.75) is 31.1 Å². The zero-order chi connectivity index (χ0) is 14.4. The van der Waals surface area contributed by atoms with Gasteiger partial charge in [0, 0.05) is 5.41 Å². The van der Waals surface area contributed by atoms with E-state index in [2.05, 4.69) is 24.3 Å². The van der Waals surface area contributed by atoms with E-state index in [4.69, 9.17) is 0 Å². The van der Waals surface area contributed by atoms with Gasteiger partial charge >= 0.3 is 0 Å². The van der Waals surface area contributed by atoms with E-state index in [1.54, 1.807) is 24.3 Å². The summed E-state index contributed by atoms with van der Waals surface area (Å²) in [6.45, 7) is 0. The Kier molecular flexibility index (Phi) is 2.75. The number of phenolic OH excluding ortho intramolecular Hbond substituents is 2. The number of hydrogen-bond acceptors (Lipinski definition) is 2. The molecule has 2 N–H and O–H groups in total. The fraction of sp³-hybridized carbons (Fsp3) is 0.368. The van der Waals surface area contributed by atoms with E-state index >= 15 is 0 Å². The Morgan fingerprint density at radius 3 is 1.67 bits per heavy atom. The van der Waals surface area contributed by atoms with E-state index in [1.807, 2.05) is 0 Å². The van der Waals surface area contributed by atoms with Crippen LogP contribution in [-0.2, 0) is 5.41 Å². The molecule has 2 aromatic rings. The van der Waals surface area contributed by atoms with E-state index in [9.17, 15) is 10.2 Å². The highest BCUT2D eigenvalue weighted by Crippen LogP contribution is 2.60. The lowest BCUT2D eigenvalue weighted by molar-refractivity contribution is 0.319. The zero-order valence-corrected chi connectivity index (χ0v) is 12.0. The van der Waals surface area contributed by atoms with Gasteiger partial charge in [0.25, 0.3) is 0 Å². The maximum Gasteiger partial charge on any atom is 0.115 e. The maximum atomic E-state index is 9.59. The van der Waals surface area contributed by atoms with Crippen molar-refractivity contribution in [1.29, 1.82) is 0 Å². The van der Waals surface area contributed by atoms with Crippen molar-refractivity contribution in [3.05, 3.63) is 59.7 Å². The van der Waals surface area contributed by atoms with Crippen molar-refractivity contribution in [1.82, 2.24) is 0 Å². The zero-order valence-electron chi connectivity index (χ0n) is 12.0. The quantitative estimate of drug-likeness (QED) is 0.865. The number of fused-ring (bicyclic) bond motifs is 2. The number of hydrogen-bond donors (Lipinski definition) is 2. The predicted octanol–water partition coefficient (Wildman–Crippen LogP) is 4.20. The second-order valence-corrected chi connectivity index (χ2v) is 6.65. The van der Waals surface area contributed by atoms with Gasteiger partial charge in [0.05, 0.1) is 0 Å². The molecule has 2 saturated carbocycles. The molecule has 0 radical (unpaired) electrons. The molecule has 0 heterocycles. The van der Waals surface area contributed by atoms with Crippen molar-refractivity contribution in [3.63, 3.8) is 0 Å². The minimum atomic E-state index is 0.0598. The highest BCUT2D eigenvalue weighted by Gasteiger charge is 2.52. The van der Waals surface area contributed by atoms with Crippen LogP contribution in [0.3, 0.4) is 0 Å². The van der Waals surface area contributed by atoms with Crippen LogP contribution in [0.5, 0.6) is 11.5 Å². The minimum absolute atomic E-state index is 0.0598. The summed E-state index contributed by atoms with van der Waals surface area (Å²) < 4.78 is 0. The van der Waals surface area contributed by atoms with E-state index in [1.165, 1.54) is 36.8 Å². The number of phenols is 2. The van der Waals surface area contributed by atoms with Gasteiger partial charge in [-0.1, -0.05) is 30.7 Å². The van der Waals surface area contributed by atoms with Gasteiger partial charge in [0.1, 0.15) is 11.5 Å². The summed E-state index contributed by atoms with van der Waals surface area (Å²) >= 11 is 0. The van der Waals surface area contributed by atoms with Gasteiger partial charge in [-0.2, -0.15) is 0 Å². The van der Waals surface area contributed by atoms with E-state index in [0.717, 1.165) is 5.92 Å². The van der Waals surface area contributed by atoms with Gasteiger partial charge in [-0.15, -0.1) is 0 Å². The lowest BCUT2D eigenvalue weighted by atomic mass is 9.64. The smallest absolute Gasteiger partial charge is 0.115 e. The van der Waals surface area contributed by atoms with Crippen LogP contribution in [0.4, 0.5) is 0 Å². The lowest BCUT2D eigenvalue weighted by Gasteiger charge is -2.39. The Bertz CT molecular complexity index is 597. The molecule has 2 aliphatic rings. The molecule has 0 aliphatic heterocycles. The molecule has 0 unspecified atom stereocenters. The van der Waals surface area contributed by atoms with Crippen molar-refractivity contribution in [3.8, 4) is 11.5 Å². The summed E-state index contributed by atoms with van der Waals surface area (Å²) in [5, 5.41) is 19.2. The van der Waals surface area contributed by atoms with Crippen molar-refractivity contribution < 1.29 is 10.2 Å². The molecule has 0 spiro atoms. The minimum Gasteiger partial charge on any atom is -0.508 e. The fourth-order valence-electron chi connectivity index (χ4n) is 4.72. The van der Waals surface area contributed by atoms with Gasteiger partial charge < -0.3 is 10.2 Å². The topological polar surface area (TPSA) is 40.5 Å². The molecule has 0 saturated heterocycles. The fourth-order valence-corrected chi connectivity index (χ4v) is 4.72. The summed E-state index contributed by atoms with van der Waals surface area (Å²) in [6.07, 6.45) is 5.13. The maximum absolute atomic E-state index is 9.59. The van der Waals surface area contributed by atoms with Crippen molar-refractivity contribution >= 4 is 0 Å². The van der Waals surface area contributed by atoms with Gasteiger partial charge in [0.15, 0.2) is 0 Å². The summed E-state index contributed by atoms with van der Waals surface area (Å²) in [7, 11) is 0. The Balaban J connectivity index is 1.87. The second kappa shape index (κ2) is 4.52. The van der Waals surface area contributed by atoms with Gasteiger partial charge in [-0.05, 0) is 66.5 Å². The highest BCUT2D eigenvalue weighted by atomic mass is 16.3. The van der Waals surface area contributed by atoms with Gasteiger partial charge in [-0.3, -0.25) is 0 Å². The van der Waals surface area contributed by atoms with Crippen LogP contribution >= 0.6 is 0 Å². The molecule has 0 aromatic heterocycles. The first-order valence-corrected chi connectivity index (χ1v) is 7.77. The highest BCUT2D eigenvalue weighted by molar-refractivity contribution is 5.45. The van der Waals surface area contributed by atoms with Crippen LogP contribution in [0.15, 0.2) is 48.5 Å². The molecule has 0 amide bonds. The molecule has 2 heteroatoms. The SMILES string of the molecule is Oc1ccc(C2(c3ccc(O)cc3)C[C@@H]3CC[C@H]2C3)cc1. The van der Waals surface area contributed by atoms with Crippen LogP contribution < -0.4 is 0 Å². The average molecular weight is 280 g/mol. The summed E-state index contributed by atoms with van der Waals surface area (Å²) in [5.41, 5.74) is 2.67. The van der Waals surface area contributed by atoms with Gasteiger partial charge in [0.2, 0.25) is 0 Å². The molecule has 2 aromatic carbocycles. The van der Waals surface area contributed by atoms with Crippen LogP contribution in [0, 0.1) is 11.8 Å². The van der Waals surface area contributed by atoms with Crippen LogP contribution in [0.2, 0.25) is 0 Å². The van der Waals surface area contributed by atoms with E-state index in [-0.39, 0.29) is 5.41 Å². The molecular formula is C19H20O2. The molecule has 2 aliphatic carbocycles. The summed E-state index contributed by atoms with van der Waals surface area (Å²) in [6, 6.07) is 15.5. The van der Waals surface area contributed by atoms with Crippen molar-refractivity contribution in [2.24, 2.45) is 11.8 Å². The molecule has 21 heavy (non-hydrogen) atoms. The molecular weight excluding hydrogens is 260 g/mol. The molecule has 2 fully saturated rings. The Morgan fingerprint density at radius 2 is 1.29 bits per heavy atom. The summed E-state index contributed by atoms with van der Waals surface area (Å²) in [5.74, 6) is 2.14. The third-order valence-corrected chi connectivity index (χ3v) is 5.61. The van der Waals surface area contributed by atoms with Crippen LogP contribution in [0.1, 0.15) is 36.8 Å². The normalized spacial score (nSPS) is 26.1. The van der Waals surface area contributed by atoms with Crippen molar-refractivity contribution in [2.75, 3.05) is 0 Å². The number of benzene rings is 2. The second-order valence-electron chi connectivity index (χ2n) is 6.65. The Hall–Kier alpha value is -1.96. The first-order chi connectivity index (χ1) is 10.2. The average Bonchev–Trinajstić information content (AvgIpc) is 3.10. The molecule has 2 atom stereocenters. The Morgan fingerprint density at radius 1 is 0.762 bits per heavy atom. The third-order valence-electron chi connectivity index (χ3n) is 5.61. The van der Waals surface area contributed by atoms with E-state index in [0.29, 0.717) is 17.4 Å². The summed E-state index contributed by atoms with van der Waals surface area (Å²) in [4.78, 5) is 0.